The van der Waals surface area contributed by atoms with E-state index < -0.39 is 0 Å². The fourth-order valence-corrected chi connectivity index (χ4v) is 3.41. The number of anilines is 1. The van der Waals surface area contributed by atoms with E-state index in [0.717, 1.165) is 31.7 Å². The number of hydrogen-bond acceptors (Lipinski definition) is 4. The van der Waals surface area contributed by atoms with Crippen molar-refractivity contribution in [3.05, 3.63) is 23.8 Å². The molecule has 0 amide bonds. The van der Waals surface area contributed by atoms with Gasteiger partial charge in [-0.05, 0) is 31.9 Å². The van der Waals surface area contributed by atoms with Crippen molar-refractivity contribution in [1.29, 1.82) is 0 Å². The van der Waals surface area contributed by atoms with Crippen molar-refractivity contribution in [2.24, 2.45) is 0 Å². The Balaban J connectivity index is 1.87. The van der Waals surface area contributed by atoms with Crippen LogP contribution in [-0.4, -0.2) is 36.2 Å². The Morgan fingerprint density at radius 1 is 1.35 bits per heavy atom. The van der Waals surface area contributed by atoms with Gasteiger partial charge in [0.05, 0.1) is 24.3 Å². The summed E-state index contributed by atoms with van der Waals surface area (Å²) in [7, 11) is 0. The molecule has 2 fully saturated rings. The van der Waals surface area contributed by atoms with Gasteiger partial charge in [-0.2, -0.15) is 0 Å². The summed E-state index contributed by atoms with van der Waals surface area (Å²) in [6.07, 6.45) is 5.05. The average Bonchev–Trinajstić information content (AvgIpc) is 2.46. The number of carbonyl (C=O) groups is 1. The molecular formula is C16H21NO3. The number of rotatable bonds is 2. The summed E-state index contributed by atoms with van der Waals surface area (Å²) in [6.45, 7) is 3.05. The van der Waals surface area contributed by atoms with Gasteiger partial charge in [-0.25, -0.2) is 0 Å². The molecule has 1 aliphatic carbocycles. The van der Waals surface area contributed by atoms with Gasteiger partial charge in [0.15, 0.2) is 5.78 Å². The number of fused-ring (bicyclic) bond motifs is 1. The highest BCUT2D eigenvalue weighted by molar-refractivity contribution is 5.97. The number of nitrogens with zero attached hydrogens (tertiary/aromatic N) is 1. The lowest BCUT2D eigenvalue weighted by Crippen LogP contribution is -2.52. The number of morpholine rings is 1. The molecule has 1 aliphatic heterocycles. The minimum atomic E-state index is -0.105. The molecule has 0 radical (unpaired) electrons. The number of Topliss-reactive ketones (excluding diaryl/α,β-unsaturated/α-hetero) is 1. The van der Waals surface area contributed by atoms with Gasteiger partial charge in [-0.1, -0.05) is 12.8 Å². The highest BCUT2D eigenvalue weighted by Gasteiger charge is 2.34. The lowest BCUT2D eigenvalue weighted by Gasteiger charge is -2.45. The molecule has 108 valence electrons. The van der Waals surface area contributed by atoms with Crippen LogP contribution in [0.2, 0.25) is 0 Å². The first kappa shape index (κ1) is 13.4. The van der Waals surface area contributed by atoms with Gasteiger partial charge in [0.25, 0.3) is 0 Å². The molecule has 20 heavy (non-hydrogen) atoms. The maximum absolute atomic E-state index is 11.4. The molecule has 1 saturated heterocycles. The molecule has 1 aromatic rings. The zero-order chi connectivity index (χ0) is 14.1. The van der Waals surface area contributed by atoms with Gasteiger partial charge in [0, 0.05) is 18.3 Å². The Morgan fingerprint density at radius 2 is 2.15 bits per heavy atom. The minimum Gasteiger partial charge on any atom is -0.507 e. The Kier molecular flexibility index (Phi) is 3.66. The van der Waals surface area contributed by atoms with Crippen molar-refractivity contribution in [3.8, 4) is 5.75 Å². The van der Waals surface area contributed by atoms with Crippen LogP contribution in [0.5, 0.6) is 5.75 Å². The lowest BCUT2D eigenvalue weighted by atomic mass is 9.89. The van der Waals surface area contributed by atoms with Crippen LogP contribution in [0.4, 0.5) is 5.69 Å². The van der Waals surface area contributed by atoms with Gasteiger partial charge in [-0.3, -0.25) is 4.79 Å². The van der Waals surface area contributed by atoms with Crippen molar-refractivity contribution in [1.82, 2.24) is 0 Å². The molecule has 4 nitrogen and oxygen atoms in total. The van der Waals surface area contributed by atoms with Crippen LogP contribution in [0.1, 0.15) is 43.0 Å². The van der Waals surface area contributed by atoms with Crippen molar-refractivity contribution in [2.45, 2.75) is 44.8 Å². The van der Waals surface area contributed by atoms with Gasteiger partial charge in [0.2, 0.25) is 0 Å². The van der Waals surface area contributed by atoms with E-state index in [1.54, 1.807) is 12.1 Å². The largest absolute Gasteiger partial charge is 0.507 e. The number of aromatic hydroxyl groups is 1. The standard InChI is InChI=1S/C16H21NO3/c1-11(18)13-7-6-12(10-15(13)19)17-8-9-20-16-5-3-2-4-14(16)17/h6-7,10,14,16,19H,2-5,8-9H2,1H3. The normalized spacial score (nSPS) is 26.1. The first-order valence-electron chi connectivity index (χ1n) is 7.39. The summed E-state index contributed by atoms with van der Waals surface area (Å²) >= 11 is 0. The van der Waals surface area contributed by atoms with Gasteiger partial charge in [-0.15, -0.1) is 0 Å². The fraction of sp³-hybridized carbons (Fsp3) is 0.562. The summed E-state index contributed by atoms with van der Waals surface area (Å²) < 4.78 is 5.87. The van der Waals surface area contributed by atoms with E-state index in [1.165, 1.54) is 19.8 Å². The second-order valence-electron chi connectivity index (χ2n) is 5.71. The Hall–Kier alpha value is -1.55. The van der Waals surface area contributed by atoms with E-state index in [9.17, 15) is 9.90 Å². The second-order valence-corrected chi connectivity index (χ2v) is 5.71. The number of phenols is 1. The molecule has 2 aliphatic rings. The minimum absolute atomic E-state index is 0.0776. The number of ketones is 1. The maximum Gasteiger partial charge on any atom is 0.163 e. The third kappa shape index (κ3) is 2.40. The Morgan fingerprint density at radius 3 is 2.90 bits per heavy atom. The highest BCUT2D eigenvalue weighted by Crippen LogP contribution is 2.34. The van der Waals surface area contributed by atoms with Crippen molar-refractivity contribution in [2.75, 3.05) is 18.1 Å². The molecule has 4 heteroatoms. The number of hydrogen-bond donors (Lipinski definition) is 1. The quantitative estimate of drug-likeness (QED) is 0.843. The first-order valence-corrected chi connectivity index (χ1v) is 7.39. The Bertz CT molecular complexity index is 512. The van der Waals surface area contributed by atoms with Crippen LogP contribution in [0, 0.1) is 0 Å². The van der Waals surface area contributed by atoms with Gasteiger partial charge in [0.1, 0.15) is 5.75 Å². The van der Waals surface area contributed by atoms with Gasteiger partial charge < -0.3 is 14.7 Å². The molecule has 2 atom stereocenters. The summed E-state index contributed by atoms with van der Waals surface area (Å²) in [6, 6.07) is 5.78. The molecule has 2 unspecified atom stereocenters. The maximum atomic E-state index is 11.4. The number of phenolic OH excluding ortho intramolecular Hbond substituents is 1. The zero-order valence-corrected chi connectivity index (χ0v) is 11.8. The molecule has 0 aromatic heterocycles. The van der Waals surface area contributed by atoms with E-state index in [1.807, 2.05) is 6.07 Å². The van der Waals surface area contributed by atoms with Gasteiger partial charge >= 0.3 is 0 Å². The van der Waals surface area contributed by atoms with Crippen LogP contribution in [0.25, 0.3) is 0 Å². The highest BCUT2D eigenvalue weighted by atomic mass is 16.5. The molecule has 1 saturated carbocycles. The monoisotopic (exact) mass is 275 g/mol. The van der Waals surface area contributed by atoms with E-state index >= 15 is 0 Å². The van der Waals surface area contributed by atoms with Crippen LogP contribution >= 0.6 is 0 Å². The van der Waals surface area contributed by atoms with Crippen molar-refractivity contribution in [3.63, 3.8) is 0 Å². The summed E-state index contributed by atoms with van der Waals surface area (Å²) in [4.78, 5) is 13.7. The van der Waals surface area contributed by atoms with Crippen LogP contribution < -0.4 is 4.90 Å². The molecule has 1 heterocycles. The molecule has 0 bridgehead atoms. The Labute approximate surface area is 119 Å². The molecule has 3 rings (SSSR count). The molecule has 1 N–H and O–H groups in total. The third-order valence-corrected chi connectivity index (χ3v) is 4.42. The summed E-state index contributed by atoms with van der Waals surface area (Å²) in [5.74, 6) is -0.0274. The number of ether oxygens (including phenoxy) is 1. The number of carbonyl (C=O) groups excluding carboxylic acids is 1. The number of benzene rings is 1. The predicted octanol–water partition coefficient (Wildman–Crippen LogP) is 2.74. The lowest BCUT2D eigenvalue weighted by molar-refractivity contribution is -0.00869. The van der Waals surface area contributed by atoms with E-state index in [-0.39, 0.29) is 11.5 Å². The average molecular weight is 275 g/mol. The molecule has 0 spiro atoms. The van der Waals surface area contributed by atoms with Crippen molar-refractivity contribution >= 4 is 11.5 Å². The van der Waals surface area contributed by atoms with Crippen LogP contribution in [-0.2, 0) is 4.74 Å². The summed E-state index contributed by atoms with van der Waals surface area (Å²) in [5.41, 5.74) is 1.38. The predicted molar refractivity (Wildman–Crippen MR) is 77.5 cm³/mol. The fourth-order valence-electron chi connectivity index (χ4n) is 3.41. The van der Waals surface area contributed by atoms with E-state index in [0.29, 0.717) is 17.7 Å². The zero-order valence-electron chi connectivity index (χ0n) is 11.8. The first-order chi connectivity index (χ1) is 9.66. The summed E-state index contributed by atoms with van der Waals surface area (Å²) in [5, 5.41) is 10.0. The third-order valence-electron chi connectivity index (χ3n) is 4.42. The molecule has 1 aromatic carbocycles. The van der Waals surface area contributed by atoms with Crippen LogP contribution in [0.3, 0.4) is 0 Å². The topological polar surface area (TPSA) is 49.8 Å². The van der Waals surface area contributed by atoms with Crippen LogP contribution in [0.15, 0.2) is 18.2 Å². The van der Waals surface area contributed by atoms with E-state index in [2.05, 4.69) is 4.90 Å². The van der Waals surface area contributed by atoms with E-state index in [4.69, 9.17) is 4.74 Å². The molecular weight excluding hydrogens is 254 g/mol. The van der Waals surface area contributed by atoms with Crippen molar-refractivity contribution < 1.29 is 14.6 Å². The second kappa shape index (κ2) is 5.44. The smallest absolute Gasteiger partial charge is 0.163 e. The SMILES string of the molecule is CC(=O)c1ccc(N2CCOC3CCCCC32)cc1O.